The van der Waals surface area contributed by atoms with Crippen LogP contribution >= 0.6 is 0 Å². The summed E-state index contributed by atoms with van der Waals surface area (Å²) in [5, 5.41) is 18.5. The van der Waals surface area contributed by atoms with Gasteiger partial charge in [0.05, 0.1) is 11.2 Å². The Morgan fingerprint density at radius 2 is 2.21 bits per heavy atom. The Morgan fingerprint density at radius 1 is 1.33 bits per heavy atom. The van der Waals surface area contributed by atoms with E-state index in [9.17, 15) is 0 Å². The highest BCUT2D eigenvalue weighted by atomic mass is 15.2. The van der Waals surface area contributed by atoms with Crippen molar-refractivity contribution in [2.75, 3.05) is 7.05 Å². The van der Waals surface area contributed by atoms with Crippen molar-refractivity contribution in [1.29, 1.82) is 0 Å². The summed E-state index contributed by atoms with van der Waals surface area (Å²) in [7, 11) is 1.91. The highest BCUT2D eigenvalue weighted by Gasteiger charge is 2.10. The molecule has 0 fully saturated rings. The topological polar surface area (TPSA) is 82.3 Å². The smallest absolute Gasteiger partial charge is 0.155 e. The average molecular weight is 320 g/mol. The lowest BCUT2D eigenvalue weighted by Gasteiger charge is -2.05. The van der Waals surface area contributed by atoms with Gasteiger partial charge in [0.25, 0.3) is 0 Å². The van der Waals surface area contributed by atoms with Crippen LogP contribution in [0, 0.1) is 0 Å². The molecule has 0 spiro atoms. The van der Waals surface area contributed by atoms with Crippen molar-refractivity contribution >= 4 is 16.5 Å². The Labute approximate surface area is 140 Å². The van der Waals surface area contributed by atoms with Gasteiger partial charge in [-0.25, -0.2) is 4.98 Å². The Bertz CT molecular complexity index is 899. The molecule has 0 radical (unpaired) electrons. The molecule has 1 aromatic carbocycles. The van der Waals surface area contributed by atoms with Gasteiger partial charge in [-0.1, -0.05) is 18.7 Å². The SMILES string of the molecule is C=C(/C=C(\C/C=C\C)NC)c1n[nH]c2ccc(-c3ncn[nH]3)cc12. The molecule has 6 nitrogen and oxygen atoms in total. The van der Waals surface area contributed by atoms with E-state index in [4.69, 9.17) is 0 Å². The Kier molecular flexibility index (Phi) is 4.56. The number of benzene rings is 1. The van der Waals surface area contributed by atoms with Crippen molar-refractivity contribution in [3.05, 3.63) is 60.7 Å². The fraction of sp³-hybridized carbons (Fsp3) is 0.167. The molecular formula is C18H20N6. The molecule has 0 saturated carbocycles. The molecule has 3 rings (SSSR count). The predicted octanol–water partition coefficient (Wildman–Crippen LogP) is 3.43. The number of rotatable bonds is 6. The predicted molar refractivity (Wildman–Crippen MR) is 97.1 cm³/mol. The van der Waals surface area contributed by atoms with Gasteiger partial charge in [-0.2, -0.15) is 10.2 Å². The summed E-state index contributed by atoms with van der Waals surface area (Å²) in [5.74, 6) is 0.731. The summed E-state index contributed by atoms with van der Waals surface area (Å²) < 4.78 is 0. The van der Waals surface area contributed by atoms with Gasteiger partial charge >= 0.3 is 0 Å². The van der Waals surface area contributed by atoms with Crippen molar-refractivity contribution in [3.8, 4) is 11.4 Å². The summed E-state index contributed by atoms with van der Waals surface area (Å²) in [4.78, 5) is 4.20. The summed E-state index contributed by atoms with van der Waals surface area (Å²) in [6.07, 6.45) is 8.48. The van der Waals surface area contributed by atoms with Crippen LogP contribution in [0.3, 0.4) is 0 Å². The zero-order chi connectivity index (χ0) is 16.9. The van der Waals surface area contributed by atoms with Crippen LogP contribution < -0.4 is 5.32 Å². The summed E-state index contributed by atoms with van der Waals surface area (Å²) in [6, 6.07) is 6.01. The molecule has 0 aliphatic carbocycles. The first-order valence-electron chi connectivity index (χ1n) is 7.75. The van der Waals surface area contributed by atoms with E-state index in [0.29, 0.717) is 0 Å². The first-order valence-corrected chi connectivity index (χ1v) is 7.75. The molecular weight excluding hydrogens is 300 g/mol. The van der Waals surface area contributed by atoms with Gasteiger partial charge in [-0.15, -0.1) is 0 Å². The first kappa shape index (κ1) is 15.7. The summed E-state index contributed by atoms with van der Waals surface area (Å²) in [6.45, 7) is 6.19. The number of nitrogens with zero attached hydrogens (tertiary/aromatic N) is 3. The maximum absolute atomic E-state index is 4.42. The second kappa shape index (κ2) is 6.95. The molecule has 122 valence electrons. The Balaban J connectivity index is 1.98. The van der Waals surface area contributed by atoms with Crippen LogP contribution in [0.25, 0.3) is 27.9 Å². The van der Waals surface area contributed by atoms with Gasteiger partial charge < -0.3 is 5.32 Å². The third-order valence-electron chi connectivity index (χ3n) is 3.80. The average Bonchev–Trinajstić information content (AvgIpc) is 3.27. The van der Waals surface area contributed by atoms with Crippen LogP contribution in [0.2, 0.25) is 0 Å². The molecule has 2 heterocycles. The number of fused-ring (bicyclic) bond motifs is 1. The van der Waals surface area contributed by atoms with Crippen molar-refractivity contribution in [2.45, 2.75) is 13.3 Å². The van der Waals surface area contributed by atoms with Crippen LogP contribution in [0.4, 0.5) is 0 Å². The molecule has 6 heteroatoms. The number of aromatic nitrogens is 5. The van der Waals surface area contributed by atoms with E-state index in [1.165, 1.54) is 6.33 Å². The molecule has 3 N–H and O–H groups in total. The minimum absolute atomic E-state index is 0.731. The van der Waals surface area contributed by atoms with E-state index in [1.807, 2.05) is 44.3 Å². The number of aromatic amines is 2. The van der Waals surface area contributed by atoms with Gasteiger partial charge in [0.15, 0.2) is 5.82 Å². The standard InChI is InChI=1S/C18H20N6/c1-4-5-6-14(19-3)9-12(2)17-15-10-13(18-20-11-21-24-18)7-8-16(15)22-23-17/h4-5,7-11,19H,2,6H2,1,3H3,(H,22,23)(H,20,21,24)/b5-4-,14-9+. The molecule has 3 aromatic rings. The van der Waals surface area contributed by atoms with Crippen LogP contribution in [-0.4, -0.2) is 32.4 Å². The second-order valence-electron chi connectivity index (χ2n) is 5.38. The number of allylic oxidation sites excluding steroid dienone is 4. The van der Waals surface area contributed by atoms with E-state index >= 15 is 0 Å². The molecule has 0 aliphatic heterocycles. The minimum Gasteiger partial charge on any atom is -0.391 e. The zero-order valence-corrected chi connectivity index (χ0v) is 13.8. The summed E-state index contributed by atoms with van der Waals surface area (Å²) >= 11 is 0. The number of hydrogen-bond donors (Lipinski definition) is 3. The number of hydrogen-bond acceptors (Lipinski definition) is 4. The van der Waals surface area contributed by atoms with Gasteiger partial charge in [-0.05, 0) is 36.8 Å². The highest BCUT2D eigenvalue weighted by molar-refractivity contribution is 5.94. The maximum Gasteiger partial charge on any atom is 0.155 e. The van der Waals surface area contributed by atoms with Crippen LogP contribution in [0.1, 0.15) is 19.0 Å². The van der Waals surface area contributed by atoms with Crippen LogP contribution in [0.15, 0.2) is 55.0 Å². The largest absolute Gasteiger partial charge is 0.391 e. The Morgan fingerprint density at radius 3 is 2.92 bits per heavy atom. The van der Waals surface area contributed by atoms with Crippen molar-refractivity contribution in [1.82, 2.24) is 30.7 Å². The lowest BCUT2D eigenvalue weighted by atomic mass is 10.1. The van der Waals surface area contributed by atoms with E-state index < -0.39 is 0 Å². The molecule has 0 atom stereocenters. The molecule has 0 aliphatic rings. The molecule has 24 heavy (non-hydrogen) atoms. The zero-order valence-electron chi connectivity index (χ0n) is 13.8. The lowest BCUT2D eigenvalue weighted by molar-refractivity contribution is 0.939. The van der Waals surface area contributed by atoms with Gasteiger partial charge in [0, 0.05) is 30.1 Å². The fourth-order valence-electron chi connectivity index (χ4n) is 2.51. The molecule has 0 saturated heterocycles. The maximum atomic E-state index is 4.42. The minimum atomic E-state index is 0.731. The van der Waals surface area contributed by atoms with Gasteiger partial charge in [0.1, 0.15) is 6.33 Å². The van der Waals surface area contributed by atoms with Crippen LogP contribution in [0.5, 0.6) is 0 Å². The first-order chi connectivity index (χ1) is 11.7. The lowest BCUT2D eigenvalue weighted by Crippen LogP contribution is -2.05. The van der Waals surface area contributed by atoms with Crippen molar-refractivity contribution in [2.24, 2.45) is 0 Å². The molecule has 0 bridgehead atoms. The van der Waals surface area contributed by atoms with Crippen molar-refractivity contribution < 1.29 is 0 Å². The summed E-state index contributed by atoms with van der Waals surface area (Å²) in [5.41, 5.74) is 4.69. The van der Waals surface area contributed by atoms with Gasteiger partial charge in [0.2, 0.25) is 0 Å². The number of H-pyrrole nitrogens is 2. The number of nitrogens with one attached hydrogen (secondary N) is 3. The third-order valence-corrected chi connectivity index (χ3v) is 3.80. The van der Waals surface area contributed by atoms with E-state index in [2.05, 4.69) is 43.4 Å². The molecule has 0 unspecified atom stereocenters. The van der Waals surface area contributed by atoms with E-state index in [0.717, 1.165) is 45.7 Å². The molecule has 2 aromatic heterocycles. The van der Waals surface area contributed by atoms with Crippen LogP contribution in [-0.2, 0) is 0 Å². The van der Waals surface area contributed by atoms with E-state index in [-0.39, 0.29) is 0 Å². The Hall–Kier alpha value is -3.15. The quantitative estimate of drug-likeness (QED) is 0.480. The third kappa shape index (κ3) is 3.12. The van der Waals surface area contributed by atoms with E-state index in [1.54, 1.807) is 0 Å². The van der Waals surface area contributed by atoms with Crippen molar-refractivity contribution in [3.63, 3.8) is 0 Å². The highest BCUT2D eigenvalue weighted by Crippen LogP contribution is 2.27. The second-order valence-corrected chi connectivity index (χ2v) is 5.38. The normalized spacial score (nSPS) is 12.2. The molecule has 0 amide bonds. The fourth-order valence-corrected chi connectivity index (χ4v) is 2.51. The monoisotopic (exact) mass is 320 g/mol. The van der Waals surface area contributed by atoms with Gasteiger partial charge in [-0.3, -0.25) is 10.2 Å².